The van der Waals surface area contributed by atoms with Crippen LogP contribution in [-0.2, 0) is 5.92 Å². The van der Waals surface area contributed by atoms with Crippen LogP contribution in [0.4, 0.5) is 18.9 Å². The third kappa shape index (κ3) is 3.63. The van der Waals surface area contributed by atoms with Crippen LogP contribution in [0.5, 0.6) is 0 Å². The fraction of sp³-hybridized carbons (Fsp3) is 0.250. The van der Waals surface area contributed by atoms with Gasteiger partial charge in [-0.3, -0.25) is 4.98 Å². The van der Waals surface area contributed by atoms with Crippen LogP contribution >= 0.6 is 0 Å². The molecule has 0 spiro atoms. The molecule has 2 rings (SSSR count). The van der Waals surface area contributed by atoms with Crippen LogP contribution in [0.15, 0.2) is 42.9 Å². The van der Waals surface area contributed by atoms with E-state index < -0.39 is 17.4 Å². The van der Waals surface area contributed by atoms with E-state index in [1.54, 1.807) is 0 Å². The van der Waals surface area contributed by atoms with E-state index in [0.717, 1.165) is 13.1 Å². The Bertz CT molecular complexity index is 693. The molecule has 2 aromatic heterocycles. The zero-order valence-electron chi connectivity index (χ0n) is 12.3. The van der Waals surface area contributed by atoms with Gasteiger partial charge in [-0.15, -0.1) is 0 Å². The van der Waals surface area contributed by atoms with Gasteiger partial charge in [-0.25, -0.2) is 9.37 Å². The van der Waals surface area contributed by atoms with Crippen LogP contribution in [0.2, 0.25) is 0 Å². The Hall–Kier alpha value is -2.37. The van der Waals surface area contributed by atoms with E-state index in [0.29, 0.717) is 17.7 Å². The van der Waals surface area contributed by atoms with Crippen molar-refractivity contribution in [2.24, 2.45) is 0 Å². The van der Waals surface area contributed by atoms with Crippen molar-refractivity contribution >= 4 is 5.69 Å². The Morgan fingerprint density at radius 3 is 2.64 bits per heavy atom. The first-order chi connectivity index (χ1) is 10.3. The number of hydrogen-bond acceptors (Lipinski definition) is 3. The fourth-order valence-electron chi connectivity index (χ4n) is 1.89. The van der Waals surface area contributed by atoms with Crippen molar-refractivity contribution in [1.29, 1.82) is 0 Å². The lowest BCUT2D eigenvalue weighted by Gasteiger charge is -2.18. The molecule has 0 amide bonds. The Morgan fingerprint density at radius 2 is 2.05 bits per heavy atom. The second-order valence-electron chi connectivity index (χ2n) is 4.95. The predicted octanol–water partition coefficient (Wildman–Crippen LogP) is 4.73. The van der Waals surface area contributed by atoms with Gasteiger partial charge in [0, 0.05) is 24.4 Å². The standard InChI is InChI=1S/C16H16F3N3/c1-4-10(2)21-14-6-5-13(22-15(14)16(3,18)19)11-7-12(17)9-20-8-11/h5-9,21H,2,4H2,1,3H3. The summed E-state index contributed by atoms with van der Waals surface area (Å²) in [5.74, 6) is -3.70. The molecule has 116 valence electrons. The molecule has 6 heteroatoms. The minimum Gasteiger partial charge on any atom is -0.358 e. The topological polar surface area (TPSA) is 37.8 Å². The summed E-state index contributed by atoms with van der Waals surface area (Å²) in [6.45, 7) is 6.37. The number of alkyl halides is 2. The fourth-order valence-corrected chi connectivity index (χ4v) is 1.89. The largest absolute Gasteiger partial charge is 0.358 e. The Morgan fingerprint density at radius 1 is 1.32 bits per heavy atom. The Balaban J connectivity index is 2.50. The second kappa shape index (κ2) is 6.17. The van der Waals surface area contributed by atoms with Gasteiger partial charge >= 0.3 is 0 Å². The normalized spacial score (nSPS) is 11.3. The molecule has 3 nitrogen and oxygen atoms in total. The summed E-state index contributed by atoms with van der Waals surface area (Å²) in [7, 11) is 0. The summed E-state index contributed by atoms with van der Waals surface area (Å²) >= 11 is 0. The zero-order chi connectivity index (χ0) is 16.3. The molecule has 0 saturated heterocycles. The third-order valence-corrected chi connectivity index (χ3v) is 3.05. The van der Waals surface area contributed by atoms with Crippen molar-refractivity contribution in [1.82, 2.24) is 9.97 Å². The lowest BCUT2D eigenvalue weighted by molar-refractivity contribution is 0.0137. The van der Waals surface area contributed by atoms with Crippen molar-refractivity contribution in [2.75, 3.05) is 5.32 Å². The molecule has 1 N–H and O–H groups in total. The van der Waals surface area contributed by atoms with E-state index in [-0.39, 0.29) is 11.4 Å². The SMILES string of the molecule is C=C(CC)Nc1ccc(-c2cncc(F)c2)nc1C(C)(F)F. The van der Waals surface area contributed by atoms with Crippen LogP contribution in [0.25, 0.3) is 11.3 Å². The zero-order valence-corrected chi connectivity index (χ0v) is 12.3. The maximum atomic E-state index is 13.8. The summed E-state index contributed by atoms with van der Waals surface area (Å²) in [5.41, 5.74) is 0.950. The van der Waals surface area contributed by atoms with E-state index >= 15 is 0 Å². The van der Waals surface area contributed by atoms with Crippen molar-refractivity contribution in [3.63, 3.8) is 0 Å². The van der Waals surface area contributed by atoms with Crippen LogP contribution < -0.4 is 5.32 Å². The second-order valence-corrected chi connectivity index (χ2v) is 4.95. The highest BCUT2D eigenvalue weighted by atomic mass is 19.3. The highest BCUT2D eigenvalue weighted by Gasteiger charge is 2.30. The van der Waals surface area contributed by atoms with E-state index in [1.165, 1.54) is 24.4 Å². The number of nitrogens with one attached hydrogen (secondary N) is 1. The first-order valence-electron chi connectivity index (χ1n) is 6.76. The van der Waals surface area contributed by atoms with Gasteiger partial charge in [0.25, 0.3) is 5.92 Å². The molecular weight excluding hydrogens is 291 g/mol. The molecule has 0 aliphatic carbocycles. The predicted molar refractivity (Wildman–Crippen MR) is 80.0 cm³/mol. The van der Waals surface area contributed by atoms with Crippen molar-refractivity contribution in [2.45, 2.75) is 26.2 Å². The maximum absolute atomic E-state index is 13.8. The van der Waals surface area contributed by atoms with E-state index in [1.807, 2.05) is 6.92 Å². The van der Waals surface area contributed by atoms with Crippen LogP contribution in [0, 0.1) is 5.82 Å². The van der Waals surface area contributed by atoms with Gasteiger partial charge in [0.05, 0.1) is 17.6 Å². The molecule has 22 heavy (non-hydrogen) atoms. The first-order valence-corrected chi connectivity index (χ1v) is 6.76. The summed E-state index contributed by atoms with van der Waals surface area (Å²) in [4.78, 5) is 7.69. The lowest BCUT2D eigenvalue weighted by atomic mass is 10.1. The van der Waals surface area contributed by atoms with Crippen molar-refractivity contribution in [3.05, 3.63) is 54.4 Å². The van der Waals surface area contributed by atoms with Gasteiger partial charge in [0.15, 0.2) is 0 Å². The number of anilines is 1. The molecule has 0 aliphatic heterocycles. The quantitative estimate of drug-likeness (QED) is 0.867. The molecule has 2 heterocycles. The number of halogens is 3. The molecule has 0 radical (unpaired) electrons. The van der Waals surface area contributed by atoms with Gasteiger partial charge in [0.1, 0.15) is 11.5 Å². The molecule has 0 saturated carbocycles. The van der Waals surface area contributed by atoms with Crippen molar-refractivity contribution < 1.29 is 13.2 Å². The van der Waals surface area contributed by atoms with E-state index in [4.69, 9.17) is 0 Å². The van der Waals surface area contributed by atoms with Gasteiger partial charge in [0.2, 0.25) is 0 Å². The smallest absolute Gasteiger partial charge is 0.289 e. The molecule has 0 fully saturated rings. The van der Waals surface area contributed by atoms with E-state index in [2.05, 4.69) is 21.9 Å². The minimum absolute atomic E-state index is 0.187. The third-order valence-electron chi connectivity index (χ3n) is 3.05. The molecule has 0 aliphatic rings. The summed E-state index contributed by atoms with van der Waals surface area (Å²) in [6.07, 6.45) is 3.02. The van der Waals surface area contributed by atoms with E-state index in [9.17, 15) is 13.2 Å². The summed E-state index contributed by atoms with van der Waals surface area (Å²) < 4.78 is 40.9. The van der Waals surface area contributed by atoms with Gasteiger partial charge in [-0.1, -0.05) is 13.5 Å². The maximum Gasteiger partial charge on any atom is 0.289 e. The van der Waals surface area contributed by atoms with Crippen LogP contribution in [-0.4, -0.2) is 9.97 Å². The molecule has 2 aromatic rings. The molecule has 0 bridgehead atoms. The summed E-state index contributed by atoms with van der Waals surface area (Å²) in [6, 6.07) is 4.22. The molecule has 0 unspecified atom stereocenters. The van der Waals surface area contributed by atoms with Gasteiger partial charge < -0.3 is 5.32 Å². The number of nitrogens with zero attached hydrogens (tertiary/aromatic N) is 2. The van der Waals surface area contributed by atoms with Gasteiger partial charge in [-0.05, 0) is 24.6 Å². The monoisotopic (exact) mass is 307 g/mol. The average molecular weight is 307 g/mol. The van der Waals surface area contributed by atoms with Gasteiger partial charge in [-0.2, -0.15) is 8.78 Å². The van der Waals surface area contributed by atoms with Crippen LogP contribution in [0.3, 0.4) is 0 Å². The lowest BCUT2D eigenvalue weighted by Crippen LogP contribution is -2.14. The summed E-state index contributed by atoms with van der Waals surface area (Å²) in [5, 5.41) is 2.83. The number of hydrogen-bond donors (Lipinski definition) is 1. The Labute approximate surface area is 126 Å². The number of rotatable bonds is 5. The Kier molecular flexibility index (Phi) is 4.49. The molecule has 0 atom stereocenters. The minimum atomic E-state index is -3.15. The van der Waals surface area contributed by atoms with Crippen LogP contribution in [0.1, 0.15) is 26.0 Å². The van der Waals surface area contributed by atoms with Crippen molar-refractivity contribution in [3.8, 4) is 11.3 Å². The number of pyridine rings is 2. The molecular formula is C16H16F3N3. The number of allylic oxidation sites excluding steroid dienone is 1. The molecule has 0 aromatic carbocycles. The highest BCUT2D eigenvalue weighted by molar-refractivity contribution is 5.63. The number of aromatic nitrogens is 2. The first kappa shape index (κ1) is 16.0. The highest BCUT2D eigenvalue weighted by Crippen LogP contribution is 2.34. The average Bonchev–Trinajstić information content (AvgIpc) is 2.46.